The third kappa shape index (κ3) is 4.38. The Hall–Kier alpha value is -3.80. The number of anilines is 1. The van der Waals surface area contributed by atoms with Crippen LogP contribution in [0, 0.1) is 0 Å². The van der Waals surface area contributed by atoms with E-state index in [1.807, 2.05) is 24.3 Å². The monoisotopic (exact) mass is 417 g/mol. The fourth-order valence-electron chi connectivity index (χ4n) is 3.99. The molecule has 0 unspecified atom stereocenters. The van der Waals surface area contributed by atoms with Gasteiger partial charge < -0.3 is 14.6 Å². The molecule has 3 aromatic carbocycles. The van der Waals surface area contributed by atoms with Gasteiger partial charge >= 0.3 is 12.1 Å². The van der Waals surface area contributed by atoms with Gasteiger partial charge in [0.15, 0.2) is 0 Å². The Labute approximate surface area is 180 Å². The summed E-state index contributed by atoms with van der Waals surface area (Å²) in [6.07, 6.45) is -0.155. The molecule has 0 saturated heterocycles. The van der Waals surface area contributed by atoms with Gasteiger partial charge in [0.25, 0.3) is 0 Å². The van der Waals surface area contributed by atoms with Gasteiger partial charge in [-0.05, 0) is 46.4 Å². The molecule has 1 aliphatic rings. The molecule has 0 aromatic heterocycles. The molecule has 3 aromatic rings. The quantitative estimate of drug-likeness (QED) is 0.560. The number of hydrogen-bond acceptors (Lipinski definition) is 4. The molecule has 1 amide bonds. The molecule has 0 radical (unpaired) electrons. The van der Waals surface area contributed by atoms with Gasteiger partial charge in [-0.2, -0.15) is 0 Å². The van der Waals surface area contributed by atoms with Crippen molar-refractivity contribution in [2.24, 2.45) is 0 Å². The number of rotatable bonds is 7. The van der Waals surface area contributed by atoms with E-state index in [0.717, 1.165) is 16.7 Å². The van der Waals surface area contributed by atoms with Crippen molar-refractivity contribution in [3.8, 4) is 16.9 Å². The van der Waals surface area contributed by atoms with E-state index < -0.39 is 12.1 Å². The normalized spacial score (nSPS) is 12.0. The van der Waals surface area contributed by atoms with Crippen molar-refractivity contribution in [2.75, 3.05) is 19.0 Å². The first-order valence-electron chi connectivity index (χ1n) is 10.1. The predicted molar refractivity (Wildman–Crippen MR) is 118 cm³/mol. The molecule has 6 nitrogen and oxygen atoms in total. The number of fused-ring (bicyclic) bond motifs is 3. The van der Waals surface area contributed by atoms with E-state index in [9.17, 15) is 9.59 Å². The van der Waals surface area contributed by atoms with Crippen molar-refractivity contribution in [1.29, 1.82) is 0 Å². The lowest BCUT2D eigenvalue weighted by atomic mass is 9.98. The average molecular weight is 417 g/mol. The van der Waals surface area contributed by atoms with Crippen molar-refractivity contribution in [1.82, 2.24) is 0 Å². The van der Waals surface area contributed by atoms with Crippen LogP contribution in [0.15, 0.2) is 66.7 Å². The van der Waals surface area contributed by atoms with E-state index >= 15 is 0 Å². The number of carbonyl (C=O) groups excluding carboxylic acids is 1. The fourth-order valence-corrected chi connectivity index (χ4v) is 3.99. The number of aliphatic carboxylic acids is 1. The summed E-state index contributed by atoms with van der Waals surface area (Å²) in [5, 5.41) is 11.6. The van der Waals surface area contributed by atoms with Crippen LogP contribution in [-0.2, 0) is 16.0 Å². The van der Waals surface area contributed by atoms with Gasteiger partial charge in [0.05, 0.1) is 12.8 Å². The van der Waals surface area contributed by atoms with Crippen LogP contribution < -0.4 is 10.1 Å². The summed E-state index contributed by atoms with van der Waals surface area (Å²) in [5.74, 6) is -0.422. The highest BCUT2D eigenvalue weighted by molar-refractivity contribution is 5.87. The molecule has 4 rings (SSSR count). The Morgan fingerprint density at radius 2 is 1.61 bits per heavy atom. The first kappa shape index (κ1) is 20.5. The molecule has 158 valence electrons. The average Bonchev–Trinajstić information content (AvgIpc) is 3.10. The number of amides is 1. The number of methoxy groups -OCH3 is 1. The second-order valence-corrected chi connectivity index (χ2v) is 7.38. The number of nitrogens with one attached hydrogen (secondary N) is 1. The van der Waals surface area contributed by atoms with Crippen molar-refractivity contribution in [2.45, 2.75) is 18.8 Å². The zero-order chi connectivity index (χ0) is 21.8. The second kappa shape index (κ2) is 8.92. The summed E-state index contributed by atoms with van der Waals surface area (Å²) in [4.78, 5) is 23.3. The van der Waals surface area contributed by atoms with E-state index in [0.29, 0.717) is 17.9 Å². The minimum Gasteiger partial charge on any atom is -0.495 e. The lowest BCUT2D eigenvalue weighted by Gasteiger charge is -2.16. The molecule has 0 fully saturated rings. The zero-order valence-electron chi connectivity index (χ0n) is 17.1. The number of carboxylic acids is 1. The minimum absolute atomic E-state index is 0.0153. The number of carbonyl (C=O) groups is 2. The molecule has 2 N–H and O–H groups in total. The van der Waals surface area contributed by atoms with Crippen LogP contribution in [0.4, 0.5) is 10.5 Å². The Bertz CT molecular complexity index is 1080. The second-order valence-electron chi connectivity index (χ2n) is 7.38. The maximum atomic E-state index is 12.5. The zero-order valence-corrected chi connectivity index (χ0v) is 17.1. The van der Waals surface area contributed by atoms with Crippen LogP contribution in [0.3, 0.4) is 0 Å². The number of ether oxygens (including phenoxy) is 2. The van der Waals surface area contributed by atoms with Gasteiger partial charge in [0, 0.05) is 12.3 Å². The van der Waals surface area contributed by atoms with Crippen LogP contribution in [0.25, 0.3) is 11.1 Å². The van der Waals surface area contributed by atoms with Gasteiger partial charge in [-0.3, -0.25) is 10.1 Å². The lowest BCUT2D eigenvalue weighted by Crippen LogP contribution is -2.18. The largest absolute Gasteiger partial charge is 0.495 e. The summed E-state index contributed by atoms with van der Waals surface area (Å²) in [7, 11) is 1.50. The molecular formula is C25H23NO5. The summed E-state index contributed by atoms with van der Waals surface area (Å²) < 4.78 is 10.9. The number of benzene rings is 3. The molecule has 0 heterocycles. The summed E-state index contributed by atoms with van der Waals surface area (Å²) in [6.45, 7) is 0.221. The van der Waals surface area contributed by atoms with E-state index in [1.54, 1.807) is 18.2 Å². The van der Waals surface area contributed by atoms with Crippen molar-refractivity contribution in [3.05, 3.63) is 83.4 Å². The summed E-state index contributed by atoms with van der Waals surface area (Å²) >= 11 is 0. The molecule has 0 spiro atoms. The highest BCUT2D eigenvalue weighted by atomic mass is 16.5. The van der Waals surface area contributed by atoms with E-state index in [2.05, 4.69) is 29.6 Å². The number of carboxylic acid groups (broad SMARTS) is 1. The third-order valence-corrected chi connectivity index (χ3v) is 5.47. The van der Waals surface area contributed by atoms with E-state index in [-0.39, 0.29) is 18.9 Å². The maximum absolute atomic E-state index is 12.5. The van der Waals surface area contributed by atoms with Gasteiger partial charge in [0.2, 0.25) is 0 Å². The van der Waals surface area contributed by atoms with Crippen molar-refractivity contribution < 1.29 is 24.2 Å². The SMILES string of the molecule is COc1cc(CCC(=O)O)ccc1NC(=O)OCC1c2ccccc2-c2ccccc21. The van der Waals surface area contributed by atoms with Crippen molar-refractivity contribution in [3.63, 3.8) is 0 Å². The molecule has 0 atom stereocenters. The van der Waals surface area contributed by atoms with Gasteiger partial charge in [-0.25, -0.2) is 4.79 Å². The molecular weight excluding hydrogens is 394 g/mol. The Balaban J connectivity index is 1.44. The minimum atomic E-state index is -0.861. The van der Waals surface area contributed by atoms with Crippen LogP contribution in [-0.4, -0.2) is 30.9 Å². The maximum Gasteiger partial charge on any atom is 0.411 e. The number of hydrogen-bond donors (Lipinski definition) is 2. The number of aryl methyl sites for hydroxylation is 1. The van der Waals surface area contributed by atoms with E-state index in [4.69, 9.17) is 14.6 Å². The third-order valence-electron chi connectivity index (χ3n) is 5.47. The van der Waals surface area contributed by atoms with Crippen LogP contribution in [0.1, 0.15) is 29.0 Å². The van der Waals surface area contributed by atoms with Gasteiger partial charge in [-0.15, -0.1) is 0 Å². The molecule has 0 aliphatic heterocycles. The lowest BCUT2D eigenvalue weighted by molar-refractivity contribution is -0.136. The smallest absolute Gasteiger partial charge is 0.411 e. The highest BCUT2D eigenvalue weighted by Crippen LogP contribution is 2.44. The Morgan fingerprint density at radius 1 is 0.968 bits per heavy atom. The highest BCUT2D eigenvalue weighted by Gasteiger charge is 2.29. The molecule has 1 aliphatic carbocycles. The van der Waals surface area contributed by atoms with Crippen LogP contribution in [0.5, 0.6) is 5.75 Å². The topological polar surface area (TPSA) is 84.9 Å². The molecule has 6 heteroatoms. The summed E-state index contributed by atoms with van der Waals surface area (Å²) in [5.41, 5.74) is 5.93. The van der Waals surface area contributed by atoms with Crippen LogP contribution >= 0.6 is 0 Å². The van der Waals surface area contributed by atoms with Gasteiger partial charge in [-0.1, -0.05) is 54.6 Å². The first-order valence-corrected chi connectivity index (χ1v) is 10.1. The fraction of sp³-hybridized carbons (Fsp3) is 0.200. The molecule has 0 bridgehead atoms. The molecule has 0 saturated carbocycles. The Kier molecular flexibility index (Phi) is 5.89. The molecule has 31 heavy (non-hydrogen) atoms. The van der Waals surface area contributed by atoms with Crippen molar-refractivity contribution >= 4 is 17.7 Å². The van der Waals surface area contributed by atoms with E-state index in [1.165, 1.54) is 18.2 Å². The summed E-state index contributed by atoms with van der Waals surface area (Å²) in [6, 6.07) is 21.5. The van der Waals surface area contributed by atoms with Crippen LogP contribution in [0.2, 0.25) is 0 Å². The first-order chi connectivity index (χ1) is 15.1. The predicted octanol–water partition coefficient (Wildman–Crippen LogP) is 5.07. The Morgan fingerprint density at radius 3 is 2.23 bits per heavy atom. The van der Waals surface area contributed by atoms with Gasteiger partial charge in [0.1, 0.15) is 12.4 Å². The standard InChI is InChI=1S/C25H23NO5/c1-30-23-14-16(11-13-24(27)28)10-12-22(23)26-25(29)31-15-21-19-8-4-2-6-17(19)18-7-3-5-9-20(18)21/h2-10,12,14,21H,11,13,15H2,1H3,(H,26,29)(H,27,28).